The van der Waals surface area contributed by atoms with Crippen LogP contribution in [0.4, 0.5) is 0 Å². The summed E-state index contributed by atoms with van der Waals surface area (Å²) < 4.78 is 5.21. The Balaban J connectivity index is 2.32. The van der Waals surface area contributed by atoms with Crippen LogP contribution in [0.1, 0.15) is 35.3 Å². The number of phenols is 2. The number of aromatic hydroxyl groups is 2. The van der Waals surface area contributed by atoms with Gasteiger partial charge in [-0.3, -0.25) is 4.79 Å². The summed E-state index contributed by atoms with van der Waals surface area (Å²) >= 11 is 0. The van der Waals surface area contributed by atoms with Gasteiger partial charge in [-0.15, -0.1) is 0 Å². The minimum atomic E-state index is -1.38. The zero-order chi connectivity index (χ0) is 20.2. The normalized spacial score (nSPS) is 12.9. The molecule has 0 heterocycles. The number of hydrogen-bond donors (Lipinski definition) is 4. The monoisotopic (exact) mass is 372 g/mol. The maximum atomic E-state index is 12.5. The predicted octanol–water partition coefficient (Wildman–Crippen LogP) is 2.68. The van der Waals surface area contributed by atoms with Crippen molar-refractivity contribution < 1.29 is 30.0 Å². The number of aliphatic hydroxyl groups excluding tert-OH is 1. The molecule has 0 aliphatic carbocycles. The van der Waals surface area contributed by atoms with Gasteiger partial charge in [-0.25, -0.2) is 0 Å². The third-order valence-corrected chi connectivity index (χ3v) is 4.26. The molecule has 1 unspecified atom stereocenters. The minimum Gasteiger partial charge on any atom is -0.508 e. The summed E-state index contributed by atoms with van der Waals surface area (Å²) in [6.45, 7) is 2.91. The zero-order valence-electron chi connectivity index (χ0n) is 15.5. The number of rotatable bonds is 7. The lowest BCUT2D eigenvalue weighted by molar-refractivity contribution is -0.0473. The van der Waals surface area contributed by atoms with Crippen LogP contribution in [0.2, 0.25) is 0 Å². The van der Waals surface area contributed by atoms with E-state index in [1.165, 1.54) is 51.3 Å². The number of methoxy groups -OCH3 is 1. The van der Waals surface area contributed by atoms with Crippen LogP contribution < -0.4 is 4.74 Å². The summed E-state index contributed by atoms with van der Waals surface area (Å²) in [5.74, 6) is -0.281. The highest BCUT2D eigenvalue weighted by atomic mass is 16.5. The van der Waals surface area contributed by atoms with Crippen molar-refractivity contribution >= 4 is 11.9 Å². The number of carbonyl (C=O) groups excluding carboxylic acids is 1. The maximum absolute atomic E-state index is 12.5. The molecule has 0 saturated heterocycles. The Morgan fingerprint density at radius 3 is 2.33 bits per heavy atom. The highest BCUT2D eigenvalue weighted by Crippen LogP contribution is 2.34. The highest BCUT2D eigenvalue weighted by Gasteiger charge is 2.28. The summed E-state index contributed by atoms with van der Waals surface area (Å²) in [6.07, 6.45) is 1.64. The number of phenolic OH excluding ortho intramolecular Hbond substituents is 2. The number of benzene rings is 2. The Kier molecular flexibility index (Phi) is 6.25. The molecule has 2 rings (SSSR count). The molecule has 6 nitrogen and oxygen atoms in total. The SMILES string of the molecule is COc1ccc(C(=O)/C=C/c2ccc(O)cc2)c(O)c1CC(O)C(C)(C)O. The lowest BCUT2D eigenvalue weighted by Gasteiger charge is -2.25. The number of carbonyl (C=O) groups is 1. The van der Waals surface area contributed by atoms with E-state index in [4.69, 9.17) is 4.74 Å². The van der Waals surface area contributed by atoms with Gasteiger partial charge in [-0.1, -0.05) is 18.2 Å². The number of ether oxygens (including phenoxy) is 1. The van der Waals surface area contributed by atoms with Crippen molar-refractivity contribution in [1.82, 2.24) is 0 Å². The van der Waals surface area contributed by atoms with Crippen LogP contribution in [-0.4, -0.2) is 45.0 Å². The first-order valence-corrected chi connectivity index (χ1v) is 8.44. The first-order valence-electron chi connectivity index (χ1n) is 8.44. The zero-order valence-corrected chi connectivity index (χ0v) is 15.5. The van der Waals surface area contributed by atoms with E-state index in [9.17, 15) is 25.2 Å². The van der Waals surface area contributed by atoms with Crippen molar-refractivity contribution in [3.05, 3.63) is 59.2 Å². The van der Waals surface area contributed by atoms with Gasteiger partial charge < -0.3 is 25.2 Å². The van der Waals surface area contributed by atoms with E-state index in [-0.39, 0.29) is 29.0 Å². The topological polar surface area (TPSA) is 107 Å². The van der Waals surface area contributed by atoms with E-state index in [0.29, 0.717) is 11.3 Å². The molecule has 27 heavy (non-hydrogen) atoms. The average molecular weight is 372 g/mol. The van der Waals surface area contributed by atoms with E-state index in [1.807, 2.05) is 0 Å². The Morgan fingerprint density at radius 2 is 1.78 bits per heavy atom. The molecule has 0 spiro atoms. The second kappa shape index (κ2) is 8.24. The van der Waals surface area contributed by atoms with Gasteiger partial charge in [0.25, 0.3) is 0 Å². The van der Waals surface area contributed by atoms with Gasteiger partial charge >= 0.3 is 0 Å². The number of allylic oxidation sites excluding steroid dienone is 1. The van der Waals surface area contributed by atoms with Gasteiger partial charge in [0.2, 0.25) is 0 Å². The molecule has 0 saturated carbocycles. The molecular weight excluding hydrogens is 348 g/mol. The molecule has 0 aromatic heterocycles. The molecule has 0 bridgehead atoms. The second-order valence-electron chi connectivity index (χ2n) is 6.81. The average Bonchev–Trinajstić information content (AvgIpc) is 2.61. The third-order valence-electron chi connectivity index (χ3n) is 4.26. The molecule has 6 heteroatoms. The standard InChI is InChI=1S/C21H24O6/c1-21(2,26)19(24)12-16-18(27-3)11-9-15(20(16)25)17(23)10-6-13-4-7-14(22)8-5-13/h4-11,19,22,24-26H,12H2,1-3H3/b10-6+. The van der Waals surface area contributed by atoms with E-state index in [2.05, 4.69) is 0 Å². The van der Waals surface area contributed by atoms with Gasteiger partial charge in [-0.05, 0) is 49.8 Å². The summed E-state index contributed by atoms with van der Waals surface area (Å²) in [4.78, 5) is 12.5. The van der Waals surface area contributed by atoms with Crippen LogP contribution in [-0.2, 0) is 6.42 Å². The molecule has 144 valence electrons. The molecule has 1 atom stereocenters. The number of aliphatic hydroxyl groups is 2. The van der Waals surface area contributed by atoms with Crippen LogP contribution in [0.25, 0.3) is 6.08 Å². The van der Waals surface area contributed by atoms with Crippen molar-refractivity contribution in [3.8, 4) is 17.2 Å². The van der Waals surface area contributed by atoms with E-state index in [1.54, 1.807) is 18.2 Å². The summed E-state index contributed by atoms with van der Waals surface area (Å²) in [6, 6.07) is 9.29. The Bertz CT molecular complexity index is 831. The van der Waals surface area contributed by atoms with Gasteiger partial charge in [0.15, 0.2) is 5.78 Å². The molecule has 2 aromatic carbocycles. The quantitative estimate of drug-likeness (QED) is 0.440. The Morgan fingerprint density at radius 1 is 1.15 bits per heavy atom. The van der Waals surface area contributed by atoms with Crippen LogP contribution in [0.3, 0.4) is 0 Å². The molecule has 0 aliphatic rings. The van der Waals surface area contributed by atoms with Crippen LogP contribution in [0, 0.1) is 0 Å². The van der Waals surface area contributed by atoms with Gasteiger partial charge in [0, 0.05) is 12.0 Å². The first kappa shape index (κ1) is 20.5. The summed E-state index contributed by atoms with van der Waals surface area (Å²) in [5, 5.41) is 39.9. The van der Waals surface area contributed by atoms with Crippen molar-refractivity contribution in [2.75, 3.05) is 7.11 Å². The molecule has 0 amide bonds. The van der Waals surface area contributed by atoms with Gasteiger partial charge in [-0.2, -0.15) is 0 Å². The van der Waals surface area contributed by atoms with Crippen molar-refractivity contribution in [1.29, 1.82) is 0 Å². The highest BCUT2D eigenvalue weighted by molar-refractivity contribution is 6.09. The molecule has 0 fully saturated rings. The molecule has 2 aromatic rings. The fourth-order valence-electron chi connectivity index (χ4n) is 2.50. The first-order chi connectivity index (χ1) is 12.6. The summed E-state index contributed by atoms with van der Waals surface area (Å²) in [5.41, 5.74) is -0.359. The predicted molar refractivity (Wildman–Crippen MR) is 102 cm³/mol. The fraction of sp³-hybridized carbons (Fsp3) is 0.286. The second-order valence-corrected chi connectivity index (χ2v) is 6.81. The third kappa shape index (κ3) is 5.09. The number of hydrogen-bond acceptors (Lipinski definition) is 6. The number of ketones is 1. The smallest absolute Gasteiger partial charge is 0.189 e. The van der Waals surface area contributed by atoms with Crippen molar-refractivity contribution in [3.63, 3.8) is 0 Å². The van der Waals surface area contributed by atoms with E-state index < -0.39 is 17.5 Å². The largest absolute Gasteiger partial charge is 0.508 e. The van der Waals surface area contributed by atoms with E-state index >= 15 is 0 Å². The van der Waals surface area contributed by atoms with Crippen LogP contribution >= 0.6 is 0 Å². The van der Waals surface area contributed by atoms with Crippen molar-refractivity contribution in [2.45, 2.75) is 32.0 Å². The van der Waals surface area contributed by atoms with Crippen molar-refractivity contribution in [2.24, 2.45) is 0 Å². The molecular formula is C21H24O6. The van der Waals surface area contributed by atoms with Crippen LogP contribution in [0.5, 0.6) is 17.2 Å². The van der Waals surface area contributed by atoms with Crippen LogP contribution in [0.15, 0.2) is 42.5 Å². The van der Waals surface area contributed by atoms with Gasteiger partial charge in [0.1, 0.15) is 17.2 Å². The fourth-order valence-corrected chi connectivity index (χ4v) is 2.50. The Labute approximate surface area is 158 Å². The lowest BCUT2D eigenvalue weighted by atomic mass is 9.92. The molecule has 0 aliphatic heterocycles. The minimum absolute atomic E-state index is 0.0591. The van der Waals surface area contributed by atoms with E-state index in [0.717, 1.165) is 0 Å². The van der Waals surface area contributed by atoms with Gasteiger partial charge in [0.05, 0.1) is 24.4 Å². The Hall–Kier alpha value is -2.83. The molecule has 0 radical (unpaired) electrons. The lowest BCUT2D eigenvalue weighted by Crippen LogP contribution is -2.37. The summed E-state index contributed by atoms with van der Waals surface area (Å²) in [7, 11) is 1.42. The maximum Gasteiger partial charge on any atom is 0.189 e. The molecule has 4 N–H and O–H groups in total.